The Hall–Kier alpha value is -1.00. The Morgan fingerprint density at radius 1 is 1.08 bits per heavy atom. The van der Waals surface area contributed by atoms with E-state index in [0.717, 1.165) is 31.9 Å². The van der Waals surface area contributed by atoms with E-state index in [1.54, 1.807) is 7.11 Å². The Morgan fingerprint density at radius 3 is 2.48 bits per heavy atom. The fourth-order valence-corrected chi connectivity index (χ4v) is 3.70. The second-order valence-electron chi connectivity index (χ2n) is 6.35. The molecule has 0 saturated carbocycles. The van der Waals surface area contributed by atoms with Gasteiger partial charge < -0.3 is 10.1 Å². The summed E-state index contributed by atoms with van der Waals surface area (Å²) in [5.41, 5.74) is 1.38. The Labute approximate surface area is 163 Å². The number of methoxy groups -OCH3 is 1. The molecule has 1 N–H and O–H groups in total. The van der Waals surface area contributed by atoms with E-state index in [4.69, 9.17) is 4.74 Å². The van der Waals surface area contributed by atoms with Gasteiger partial charge in [0, 0.05) is 37.8 Å². The van der Waals surface area contributed by atoms with Crippen LogP contribution in [0.1, 0.15) is 37.8 Å². The van der Waals surface area contributed by atoms with Crippen molar-refractivity contribution in [3.05, 3.63) is 42.0 Å². The summed E-state index contributed by atoms with van der Waals surface area (Å²) in [5, 5.41) is 6.11. The van der Waals surface area contributed by atoms with E-state index in [0.29, 0.717) is 6.04 Å². The van der Waals surface area contributed by atoms with Crippen molar-refractivity contribution >= 4 is 35.6 Å². The van der Waals surface area contributed by atoms with E-state index in [1.807, 2.05) is 0 Å². The Bertz CT molecular complexity index is 645. The predicted octanol–water partition coefficient (Wildman–Crippen LogP) is 4.83. The number of unbranched alkanes of at least 4 members (excludes halogenated alkanes) is 1. The van der Waals surface area contributed by atoms with Crippen LogP contribution < -0.4 is 10.1 Å². The second-order valence-corrected chi connectivity index (χ2v) is 6.35. The predicted molar refractivity (Wildman–Crippen MR) is 112 cm³/mol. The van der Waals surface area contributed by atoms with Crippen molar-refractivity contribution in [1.82, 2.24) is 10.2 Å². The lowest BCUT2D eigenvalue weighted by molar-refractivity contribution is 0.161. The Kier molecular flexibility index (Phi) is 9.58. The zero-order valence-electron chi connectivity index (χ0n) is 15.2. The molecule has 1 fully saturated rings. The molecule has 1 aliphatic rings. The summed E-state index contributed by atoms with van der Waals surface area (Å²) in [5.74, 6) is 1.03. The summed E-state index contributed by atoms with van der Waals surface area (Å²) in [6.45, 7) is 6.65. The lowest BCUT2D eigenvalue weighted by atomic mass is 9.92. The second kappa shape index (κ2) is 10.9. The molecule has 0 aromatic heterocycles. The van der Waals surface area contributed by atoms with Gasteiger partial charge in [-0.2, -0.15) is 0 Å². The molecule has 0 aliphatic carbocycles. The Morgan fingerprint density at radius 2 is 1.80 bits per heavy atom. The van der Waals surface area contributed by atoms with Gasteiger partial charge in [0.05, 0.1) is 7.11 Å². The monoisotopic (exact) mass is 384 g/mol. The normalized spacial score (nSPS) is 15.9. The van der Waals surface area contributed by atoms with Gasteiger partial charge in [-0.1, -0.05) is 50.1 Å². The largest absolute Gasteiger partial charge is 0.496 e. The summed E-state index contributed by atoms with van der Waals surface area (Å²) in [4.78, 5) is 2.64. The summed E-state index contributed by atoms with van der Waals surface area (Å²) in [6.07, 6.45) is 3.68. The van der Waals surface area contributed by atoms with Crippen molar-refractivity contribution in [2.45, 2.75) is 32.2 Å². The highest BCUT2D eigenvalue weighted by atomic mass is 35.5. The third-order valence-electron chi connectivity index (χ3n) is 4.91. The number of hydrogen-bond acceptors (Lipinski definition) is 3. The van der Waals surface area contributed by atoms with Crippen LogP contribution in [0.3, 0.4) is 0 Å². The van der Waals surface area contributed by atoms with Crippen LogP contribution >= 0.6 is 24.8 Å². The van der Waals surface area contributed by atoms with Gasteiger partial charge in [-0.05, 0) is 23.3 Å². The maximum absolute atomic E-state index is 5.76. The summed E-state index contributed by atoms with van der Waals surface area (Å²) < 4.78 is 5.76. The fraction of sp³-hybridized carbons (Fsp3) is 0.500. The van der Waals surface area contributed by atoms with Crippen molar-refractivity contribution in [2.75, 3.05) is 33.3 Å². The molecule has 1 saturated heterocycles. The molecule has 0 amide bonds. The van der Waals surface area contributed by atoms with Crippen LogP contribution in [-0.2, 0) is 0 Å². The molecular weight excluding hydrogens is 355 g/mol. The zero-order chi connectivity index (χ0) is 16.1. The molecule has 1 heterocycles. The van der Waals surface area contributed by atoms with Gasteiger partial charge in [-0.25, -0.2) is 0 Å². The van der Waals surface area contributed by atoms with Crippen LogP contribution in [0.2, 0.25) is 0 Å². The van der Waals surface area contributed by atoms with Crippen molar-refractivity contribution in [3.8, 4) is 5.75 Å². The Balaban J connectivity index is 0.00000156. The van der Waals surface area contributed by atoms with Crippen molar-refractivity contribution in [3.63, 3.8) is 0 Å². The van der Waals surface area contributed by atoms with Gasteiger partial charge in [0.25, 0.3) is 0 Å². The molecular formula is C20H30Cl2N2O. The minimum Gasteiger partial charge on any atom is -0.496 e. The smallest absolute Gasteiger partial charge is 0.124 e. The van der Waals surface area contributed by atoms with Gasteiger partial charge in [0.1, 0.15) is 5.75 Å². The van der Waals surface area contributed by atoms with Crippen LogP contribution in [0, 0.1) is 0 Å². The number of nitrogens with one attached hydrogen (secondary N) is 1. The molecule has 5 heteroatoms. The molecule has 0 spiro atoms. The molecule has 140 valence electrons. The van der Waals surface area contributed by atoms with Gasteiger partial charge in [-0.15, -0.1) is 24.8 Å². The number of hydrogen-bond donors (Lipinski definition) is 1. The number of nitrogens with zero attached hydrogens (tertiary/aromatic N) is 1. The molecule has 2 aromatic rings. The molecule has 3 rings (SSSR count). The average Bonchev–Trinajstić information content (AvgIpc) is 2.63. The molecule has 25 heavy (non-hydrogen) atoms. The number of ether oxygens (including phenoxy) is 1. The van der Waals surface area contributed by atoms with Crippen molar-refractivity contribution in [1.29, 1.82) is 0 Å². The number of benzene rings is 2. The minimum absolute atomic E-state index is 0. The highest BCUT2D eigenvalue weighted by Gasteiger charge is 2.26. The summed E-state index contributed by atoms with van der Waals surface area (Å²) in [6, 6.07) is 13.5. The number of fused-ring (bicyclic) bond motifs is 1. The first-order valence-electron chi connectivity index (χ1n) is 8.85. The molecule has 0 radical (unpaired) electrons. The molecule has 1 aliphatic heterocycles. The third kappa shape index (κ3) is 5.01. The van der Waals surface area contributed by atoms with E-state index in [9.17, 15) is 0 Å². The standard InChI is InChI=1S/C20H28N2O.2ClH/c1-3-4-9-18(22-14-12-21-13-15-22)20-17-8-6-5-7-16(17)10-11-19(20)23-2;;/h5-8,10-11,18,21H,3-4,9,12-15H2,1-2H3;2*1H/t18-;;/m1../s1. The molecule has 0 unspecified atom stereocenters. The molecule has 0 bridgehead atoms. The van der Waals surface area contributed by atoms with Gasteiger partial charge in [-0.3, -0.25) is 4.90 Å². The third-order valence-corrected chi connectivity index (χ3v) is 4.91. The maximum Gasteiger partial charge on any atom is 0.124 e. The quantitative estimate of drug-likeness (QED) is 0.771. The summed E-state index contributed by atoms with van der Waals surface area (Å²) >= 11 is 0. The number of halogens is 2. The maximum atomic E-state index is 5.76. The van der Waals surface area contributed by atoms with Crippen LogP contribution in [0.25, 0.3) is 10.8 Å². The van der Waals surface area contributed by atoms with Crippen molar-refractivity contribution < 1.29 is 4.74 Å². The number of piperazine rings is 1. The van der Waals surface area contributed by atoms with Crippen LogP contribution in [-0.4, -0.2) is 38.2 Å². The van der Waals surface area contributed by atoms with Crippen LogP contribution in [0.15, 0.2) is 36.4 Å². The van der Waals surface area contributed by atoms with E-state index in [2.05, 4.69) is 53.5 Å². The minimum atomic E-state index is 0. The van der Waals surface area contributed by atoms with E-state index in [1.165, 1.54) is 35.6 Å². The molecule has 2 aromatic carbocycles. The van der Waals surface area contributed by atoms with E-state index >= 15 is 0 Å². The average molecular weight is 385 g/mol. The van der Waals surface area contributed by atoms with E-state index in [-0.39, 0.29) is 24.8 Å². The van der Waals surface area contributed by atoms with Gasteiger partial charge in [0.2, 0.25) is 0 Å². The fourth-order valence-electron chi connectivity index (χ4n) is 3.70. The number of rotatable bonds is 6. The topological polar surface area (TPSA) is 24.5 Å². The first-order chi connectivity index (χ1) is 11.3. The van der Waals surface area contributed by atoms with Crippen LogP contribution in [0.4, 0.5) is 0 Å². The SMILES string of the molecule is CCCC[C@H](c1c(OC)ccc2ccccc12)N1CCNCC1.Cl.Cl. The lowest BCUT2D eigenvalue weighted by Gasteiger charge is -2.36. The van der Waals surface area contributed by atoms with Crippen molar-refractivity contribution in [2.24, 2.45) is 0 Å². The summed E-state index contributed by atoms with van der Waals surface area (Å²) in [7, 11) is 1.79. The van der Waals surface area contributed by atoms with Gasteiger partial charge >= 0.3 is 0 Å². The van der Waals surface area contributed by atoms with Gasteiger partial charge in [0.15, 0.2) is 0 Å². The molecule has 1 atom stereocenters. The molecule has 3 nitrogen and oxygen atoms in total. The highest BCUT2D eigenvalue weighted by molar-refractivity contribution is 5.88. The first kappa shape index (κ1) is 22.0. The first-order valence-corrected chi connectivity index (χ1v) is 8.85. The van der Waals surface area contributed by atoms with E-state index < -0.39 is 0 Å². The highest BCUT2D eigenvalue weighted by Crippen LogP contribution is 2.38. The zero-order valence-corrected chi connectivity index (χ0v) is 16.8. The lowest BCUT2D eigenvalue weighted by Crippen LogP contribution is -2.45. The van der Waals surface area contributed by atoms with Crippen LogP contribution in [0.5, 0.6) is 5.75 Å².